The Hall–Kier alpha value is -5.23. The van der Waals surface area contributed by atoms with Gasteiger partial charge in [0, 0.05) is 23.6 Å². The van der Waals surface area contributed by atoms with Crippen molar-refractivity contribution >= 4 is 22.5 Å². The summed E-state index contributed by atoms with van der Waals surface area (Å²) in [4.78, 5) is 25.4. The van der Waals surface area contributed by atoms with Crippen molar-refractivity contribution in [2.45, 2.75) is 13.0 Å². The lowest BCUT2D eigenvalue weighted by Gasteiger charge is -2.21. The number of aromatic amines is 1. The number of para-hydroxylation sites is 1. The van der Waals surface area contributed by atoms with Gasteiger partial charge < -0.3 is 10.1 Å². The first-order chi connectivity index (χ1) is 18.0. The van der Waals surface area contributed by atoms with Crippen molar-refractivity contribution in [1.29, 1.82) is 5.26 Å². The Morgan fingerprint density at radius 3 is 2.70 bits per heavy atom. The van der Waals surface area contributed by atoms with E-state index < -0.39 is 6.04 Å². The van der Waals surface area contributed by atoms with Crippen LogP contribution in [0.3, 0.4) is 0 Å². The molecular weight excluding hydrogens is 466 g/mol. The Balaban J connectivity index is 1.74. The van der Waals surface area contributed by atoms with Crippen LogP contribution in [0.4, 0.5) is 11.8 Å². The molecule has 1 unspecified atom stereocenters. The van der Waals surface area contributed by atoms with Crippen molar-refractivity contribution in [1.82, 2.24) is 14.5 Å². The highest BCUT2D eigenvalue weighted by atomic mass is 16.5. The maximum Gasteiger partial charge on any atom is 0.389 e. The molecule has 5 aromatic rings. The first-order valence-corrected chi connectivity index (χ1v) is 11.6. The summed E-state index contributed by atoms with van der Waals surface area (Å²) in [6.07, 6.45) is 3.16. The van der Waals surface area contributed by atoms with Gasteiger partial charge in [-0.1, -0.05) is 41.4 Å². The highest BCUT2D eigenvalue weighted by molar-refractivity contribution is 5.96. The number of benzene rings is 2. The van der Waals surface area contributed by atoms with Crippen molar-refractivity contribution in [3.8, 4) is 28.8 Å². The van der Waals surface area contributed by atoms with Gasteiger partial charge in [0.1, 0.15) is 11.6 Å². The predicted octanol–water partition coefficient (Wildman–Crippen LogP) is 3.90. The third-order valence-corrected chi connectivity index (χ3v) is 6.11. The Bertz CT molecular complexity index is 1710. The number of H-pyrrole nitrogens is 1. The molecule has 9 nitrogen and oxygen atoms in total. The molecule has 2 aromatic carbocycles. The number of nitriles is 1. The summed E-state index contributed by atoms with van der Waals surface area (Å²) in [6.45, 7) is 1.91. The molecule has 0 aliphatic carbocycles. The fourth-order valence-corrected chi connectivity index (χ4v) is 4.37. The number of ether oxygens (including phenoxy) is 1. The zero-order valence-electron chi connectivity index (χ0n) is 20.3. The van der Waals surface area contributed by atoms with Crippen molar-refractivity contribution in [3.63, 3.8) is 0 Å². The van der Waals surface area contributed by atoms with Gasteiger partial charge in [-0.15, -0.1) is 0 Å². The van der Waals surface area contributed by atoms with E-state index in [0.717, 1.165) is 22.2 Å². The summed E-state index contributed by atoms with van der Waals surface area (Å²) < 4.78 is 6.99. The molecule has 0 aliphatic rings. The second-order valence-corrected chi connectivity index (χ2v) is 8.43. The van der Waals surface area contributed by atoms with Gasteiger partial charge in [-0.25, -0.2) is 9.97 Å². The summed E-state index contributed by atoms with van der Waals surface area (Å²) in [7, 11) is 1.56. The maximum atomic E-state index is 14.2. The zero-order chi connectivity index (χ0) is 25.9. The van der Waals surface area contributed by atoms with Crippen molar-refractivity contribution in [2.24, 2.45) is 0 Å². The molecule has 0 saturated heterocycles. The topological polar surface area (TPSA) is 133 Å². The fraction of sp³-hybridized carbons (Fsp3) is 0.107. The number of nitrogens with zero attached hydrogens (tertiary/aromatic N) is 4. The first kappa shape index (κ1) is 23.5. The number of hydrogen-bond acceptors (Lipinski definition) is 7. The second-order valence-electron chi connectivity index (χ2n) is 8.43. The largest absolute Gasteiger partial charge is 0.481 e. The van der Waals surface area contributed by atoms with Crippen LogP contribution in [0, 0.1) is 11.3 Å². The molecule has 182 valence electrons. The number of methoxy groups -OCH3 is 1. The van der Waals surface area contributed by atoms with Gasteiger partial charge in [0.15, 0.2) is 0 Å². The Morgan fingerprint density at radius 1 is 1.14 bits per heavy atom. The van der Waals surface area contributed by atoms with Gasteiger partial charge in [-0.2, -0.15) is 5.26 Å². The molecule has 0 radical (unpaired) electrons. The van der Waals surface area contributed by atoms with Gasteiger partial charge in [0.2, 0.25) is 11.7 Å². The minimum atomic E-state index is -0.400. The molecule has 0 saturated carbocycles. The Morgan fingerprint density at radius 2 is 1.95 bits per heavy atom. The van der Waals surface area contributed by atoms with Crippen LogP contribution in [0.2, 0.25) is 0 Å². The molecule has 3 heterocycles. The SMILES string of the molecule is COc1cc(-c2cccc3cc(C(C)Nc4nc(N)[nH+]cc4C#N)n(-c4ccccc4)c(=O)c23)ccn1. The molecule has 0 fully saturated rings. The smallest absolute Gasteiger partial charge is 0.389 e. The highest BCUT2D eigenvalue weighted by Gasteiger charge is 2.21. The van der Waals surface area contributed by atoms with Gasteiger partial charge in [-0.3, -0.25) is 15.1 Å². The van der Waals surface area contributed by atoms with E-state index in [-0.39, 0.29) is 11.5 Å². The number of anilines is 2. The lowest BCUT2D eigenvalue weighted by molar-refractivity contribution is -0.364. The number of rotatable bonds is 6. The molecule has 37 heavy (non-hydrogen) atoms. The van der Waals surface area contributed by atoms with E-state index in [4.69, 9.17) is 10.5 Å². The van der Waals surface area contributed by atoms with Crippen LogP contribution in [0.5, 0.6) is 5.88 Å². The second kappa shape index (κ2) is 9.79. The number of hydrogen-bond donors (Lipinski definition) is 2. The van der Waals surface area contributed by atoms with Crippen LogP contribution >= 0.6 is 0 Å². The van der Waals surface area contributed by atoms with Crippen LogP contribution in [-0.4, -0.2) is 21.6 Å². The van der Waals surface area contributed by atoms with Gasteiger partial charge >= 0.3 is 5.95 Å². The van der Waals surface area contributed by atoms with Crippen LogP contribution in [0.1, 0.15) is 24.2 Å². The number of fused-ring (bicyclic) bond motifs is 1. The average molecular weight is 491 g/mol. The molecular formula is C28H24N7O2+. The summed E-state index contributed by atoms with van der Waals surface area (Å²) >= 11 is 0. The van der Waals surface area contributed by atoms with E-state index in [9.17, 15) is 10.1 Å². The van der Waals surface area contributed by atoms with Gasteiger partial charge in [0.05, 0.1) is 24.7 Å². The molecule has 0 amide bonds. The highest BCUT2D eigenvalue weighted by Crippen LogP contribution is 2.31. The van der Waals surface area contributed by atoms with E-state index in [1.165, 1.54) is 6.20 Å². The quantitative estimate of drug-likeness (QED) is 0.369. The molecule has 3 aromatic heterocycles. The van der Waals surface area contributed by atoms with E-state index in [2.05, 4.69) is 26.3 Å². The lowest BCUT2D eigenvalue weighted by atomic mass is 9.98. The van der Waals surface area contributed by atoms with Crippen molar-refractivity contribution in [2.75, 3.05) is 18.2 Å². The summed E-state index contributed by atoms with van der Waals surface area (Å²) in [5.41, 5.74) is 8.98. The van der Waals surface area contributed by atoms with E-state index in [0.29, 0.717) is 28.3 Å². The third-order valence-electron chi connectivity index (χ3n) is 6.11. The van der Waals surface area contributed by atoms with Crippen LogP contribution < -0.4 is 26.3 Å². The van der Waals surface area contributed by atoms with E-state index in [1.54, 1.807) is 17.9 Å². The number of nitrogens with one attached hydrogen (secondary N) is 2. The van der Waals surface area contributed by atoms with Crippen molar-refractivity contribution < 1.29 is 9.72 Å². The molecule has 0 bridgehead atoms. The van der Waals surface area contributed by atoms with Crippen LogP contribution in [0.25, 0.3) is 27.6 Å². The Kier molecular flexibility index (Phi) is 6.22. The summed E-state index contributed by atoms with van der Waals surface area (Å²) in [5, 5.41) is 14.1. The number of pyridine rings is 2. The predicted molar refractivity (Wildman–Crippen MR) is 141 cm³/mol. The molecule has 0 spiro atoms. The maximum absolute atomic E-state index is 14.2. The number of aromatic nitrogens is 4. The number of nitrogens with two attached hydrogens (primary N) is 1. The Labute approximate surface area is 212 Å². The summed E-state index contributed by atoms with van der Waals surface area (Å²) in [6, 6.07) is 22.5. The molecule has 4 N–H and O–H groups in total. The summed E-state index contributed by atoms with van der Waals surface area (Å²) in [5.74, 6) is 0.966. The van der Waals surface area contributed by atoms with E-state index in [1.807, 2.05) is 73.7 Å². The van der Waals surface area contributed by atoms with Gasteiger partial charge in [-0.05, 0) is 47.7 Å². The molecule has 0 aliphatic heterocycles. The minimum absolute atomic E-state index is 0.171. The molecule has 5 rings (SSSR count). The van der Waals surface area contributed by atoms with E-state index >= 15 is 0 Å². The standard InChI is InChI=1S/C28H23N7O2/c1-17(33-26-20(15-29)16-32-28(30)34-26)23-13-19-7-6-10-22(18-11-12-31-24(14-18)37-2)25(19)27(36)35(23)21-8-4-3-5-9-21/h3-14,16-17H,1-2H3,(H3,30,32,33,34)/p+1. The van der Waals surface area contributed by atoms with Gasteiger partial charge in [0.25, 0.3) is 5.56 Å². The molecule has 9 heteroatoms. The third kappa shape index (κ3) is 4.44. The van der Waals surface area contributed by atoms with Crippen LogP contribution in [0.15, 0.2) is 83.9 Å². The molecule has 1 atom stereocenters. The van der Waals surface area contributed by atoms with Crippen molar-refractivity contribution in [3.05, 3.63) is 101 Å². The lowest BCUT2D eigenvalue weighted by Crippen LogP contribution is -2.26. The first-order valence-electron chi connectivity index (χ1n) is 11.6. The van der Waals surface area contributed by atoms with Crippen LogP contribution in [-0.2, 0) is 0 Å². The fourth-order valence-electron chi connectivity index (χ4n) is 4.37. The number of nitrogen functional groups attached to an aromatic ring is 1. The minimum Gasteiger partial charge on any atom is -0.481 e. The monoisotopic (exact) mass is 490 g/mol. The average Bonchev–Trinajstić information content (AvgIpc) is 2.93. The normalized spacial score (nSPS) is 11.6. The zero-order valence-corrected chi connectivity index (χ0v) is 20.3.